The van der Waals surface area contributed by atoms with Gasteiger partial charge in [-0.05, 0) is 61.9 Å². The van der Waals surface area contributed by atoms with Crippen LogP contribution < -0.4 is 10.1 Å². The van der Waals surface area contributed by atoms with Crippen molar-refractivity contribution in [2.75, 3.05) is 19.7 Å². The summed E-state index contributed by atoms with van der Waals surface area (Å²) in [5.74, 6) is 1.57. The summed E-state index contributed by atoms with van der Waals surface area (Å²) >= 11 is 1.51. The zero-order chi connectivity index (χ0) is 12.2. The third-order valence-corrected chi connectivity index (χ3v) is 4.32. The fourth-order valence-corrected chi connectivity index (χ4v) is 3.18. The Morgan fingerprint density at radius 2 is 2.33 bits per heavy atom. The molecule has 1 aliphatic heterocycles. The molecule has 3 nitrogen and oxygen atoms in total. The Balaban J connectivity index is 1.56. The Hall–Kier alpha value is -1.13. The zero-order valence-electron chi connectivity index (χ0n) is 10.4. The third kappa shape index (κ3) is 2.65. The number of fused-ring (bicyclic) bond motifs is 1. The van der Waals surface area contributed by atoms with E-state index in [4.69, 9.17) is 4.74 Å². The highest BCUT2D eigenvalue weighted by Gasteiger charge is 2.13. The van der Waals surface area contributed by atoms with Crippen molar-refractivity contribution in [2.24, 2.45) is 5.92 Å². The molecule has 18 heavy (non-hydrogen) atoms. The second-order valence-corrected chi connectivity index (χ2v) is 5.64. The van der Waals surface area contributed by atoms with Crippen molar-refractivity contribution in [2.45, 2.75) is 19.3 Å². The molecule has 2 heterocycles. The van der Waals surface area contributed by atoms with E-state index in [2.05, 4.69) is 21.8 Å². The van der Waals surface area contributed by atoms with E-state index in [0.29, 0.717) is 0 Å². The molecule has 1 fully saturated rings. The number of hydrogen-bond donors (Lipinski definition) is 1. The van der Waals surface area contributed by atoms with Gasteiger partial charge in [-0.15, -0.1) is 0 Å². The number of piperidine rings is 1. The van der Waals surface area contributed by atoms with Crippen LogP contribution >= 0.6 is 11.5 Å². The Kier molecular flexibility index (Phi) is 3.76. The SMILES string of the molecule is c1ccc2c(OCC[C@@H]3CCCNC3)nsc2c1. The van der Waals surface area contributed by atoms with Crippen LogP contribution in [0.25, 0.3) is 10.1 Å². The first-order chi connectivity index (χ1) is 8.93. The first kappa shape index (κ1) is 11.9. The van der Waals surface area contributed by atoms with E-state index in [1.54, 1.807) is 0 Å². The average molecular weight is 262 g/mol. The number of aromatic nitrogens is 1. The molecule has 1 aromatic carbocycles. The van der Waals surface area contributed by atoms with E-state index in [0.717, 1.165) is 36.8 Å². The van der Waals surface area contributed by atoms with E-state index in [9.17, 15) is 0 Å². The predicted molar refractivity (Wildman–Crippen MR) is 75.3 cm³/mol. The number of hydrogen-bond acceptors (Lipinski definition) is 4. The molecule has 1 saturated heterocycles. The summed E-state index contributed by atoms with van der Waals surface area (Å²) in [6.45, 7) is 3.09. The maximum Gasteiger partial charge on any atom is 0.233 e. The van der Waals surface area contributed by atoms with Crippen molar-refractivity contribution in [3.05, 3.63) is 24.3 Å². The smallest absolute Gasteiger partial charge is 0.233 e. The van der Waals surface area contributed by atoms with E-state index in [-0.39, 0.29) is 0 Å². The molecule has 1 atom stereocenters. The van der Waals surface area contributed by atoms with Crippen molar-refractivity contribution >= 4 is 21.6 Å². The topological polar surface area (TPSA) is 34.1 Å². The molecule has 0 bridgehead atoms. The van der Waals surface area contributed by atoms with Gasteiger partial charge in [0.2, 0.25) is 5.88 Å². The fraction of sp³-hybridized carbons (Fsp3) is 0.500. The van der Waals surface area contributed by atoms with Gasteiger partial charge in [0.1, 0.15) is 0 Å². The van der Waals surface area contributed by atoms with Gasteiger partial charge < -0.3 is 10.1 Å². The standard InChI is InChI=1S/C14H18N2OS/c1-2-6-13-12(5-1)14(16-18-13)17-9-7-11-4-3-8-15-10-11/h1-2,5-6,11,15H,3-4,7-10H2/t11-/m0/s1. The number of nitrogens with zero attached hydrogens (tertiary/aromatic N) is 1. The molecule has 4 heteroatoms. The summed E-state index contributed by atoms with van der Waals surface area (Å²) in [6, 6.07) is 8.24. The average Bonchev–Trinajstić information content (AvgIpc) is 2.84. The van der Waals surface area contributed by atoms with Crippen LogP contribution in [0.5, 0.6) is 5.88 Å². The highest BCUT2D eigenvalue weighted by atomic mass is 32.1. The van der Waals surface area contributed by atoms with Gasteiger partial charge >= 0.3 is 0 Å². The van der Waals surface area contributed by atoms with Gasteiger partial charge in [0.15, 0.2) is 0 Å². The summed E-state index contributed by atoms with van der Waals surface area (Å²) in [5.41, 5.74) is 0. The third-order valence-electron chi connectivity index (χ3n) is 3.51. The fourth-order valence-electron chi connectivity index (χ4n) is 2.46. The molecule has 0 aliphatic carbocycles. The number of nitrogens with one attached hydrogen (secondary N) is 1. The number of ether oxygens (including phenoxy) is 1. The van der Waals surface area contributed by atoms with Crippen LogP contribution in [-0.2, 0) is 0 Å². The number of rotatable bonds is 4. The molecule has 0 amide bonds. The van der Waals surface area contributed by atoms with Crippen LogP contribution in [0.2, 0.25) is 0 Å². The van der Waals surface area contributed by atoms with Crippen LogP contribution in [0.15, 0.2) is 24.3 Å². The van der Waals surface area contributed by atoms with Crippen molar-refractivity contribution in [3.8, 4) is 5.88 Å². The Labute approximate surface area is 111 Å². The van der Waals surface area contributed by atoms with Crippen LogP contribution in [-0.4, -0.2) is 24.1 Å². The van der Waals surface area contributed by atoms with E-state index in [1.165, 1.54) is 35.6 Å². The van der Waals surface area contributed by atoms with Crippen LogP contribution in [0.1, 0.15) is 19.3 Å². The van der Waals surface area contributed by atoms with Crippen molar-refractivity contribution < 1.29 is 4.74 Å². The molecule has 3 rings (SSSR count). The zero-order valence-corrected chi connectivity index (χ0v) is 11.2. The summed E-state index contributed by atoms with van der Waals surface area (Å²) < 4.78 is 11.4. The Bertz CT molecular complexity index is 505. The first-order valence-corrected chi connectivity index (χ1v) is 7.39. The second-order valence-electron chi connectivity index (χ2n) is 4.83. The molecule has 0 unspecified atom stereocenters. The minimum Gasteiger partial charge on any atom is -0.477 e. The maximum absolute atomic E-state index is 5.83. The minimum absolute atomic E-state index is 0.767. The molecular weight excluding hydrogens is 244 g/mol. The van der Waals surface area contributed by atoms with Crippen LogP contribution in [0.3, 0.4) is 0 Å². The Morgan fingerprint density at radius 3 is 3.22 bits per heavy atom. The largest absolute Gasteiger partial charge is 0.477 e. The lowest BCUT2D eigenvalue weighted by molar-refractivity contribution is 0.251. The predicted octanol–water partition coefficient (Wildman–Crippen LogP) is 3.06. The van der Waals surface area contributed by atoms with Gasteiger partial charge in [0.05, 0.1) is 16.7 Å². The van der Waals surface area contributed by atoms with Gasteiger partial charge in [-0.25, -0.2) is 0 Å². The van der Waals surface area contributed by atoms with Gasteiger partial charge in [-0.3, -0.25) is 0 Å². The van der Waals surface area contributed by atoms with Crippen LogP contribution in [0, 0.1) is 5.92 Å². The molecule has 0 spiro atoms. The maximum atomic E-state index is 5.83. The molecule has 2 aromatic rings. The van der Waals surface area contributed by atoms with Crippen LogP contribution in [0.4, 0.5) is 0 Å². The summed E-state index contributed by atoms with van der Waals surface area (Å²) in [6.07, 6.45) is 3.75. The van der Waals surface area contributed by atoms with E-state index in [1.807, 2.05) is 12.1 Å². The molecule has 0 radical (unpaired) electrons. The molecule has 1 N–H and O–H groups in total. The lowest BCUT2D eigenvalue weighted by Gasteiger charge is -2.22. The summed E-state index contributed by atoms with van der Waals surface area (Å²) in [7, 11) is 0. The van der Waals surface area contributed by atoms with Crippen molar-refractivity contribution in [1.82, 2.24) is 9.69 Å². The molecular formula is C14H18N2OS. The normalized spacial score (nSPS) is 20.1. The summed E-state index contributed by atoms with van der Waals surface area (Å²) in [5, 5.41) is 4.58. The highest BCUT2D eigenvalue weighted by Crippen LogP contribution is 2.28. The first-order valence-electron chi connectivity index (χ1n) is 6.61. The Morgan fingerprint density at radius 1 is 1.39 bits per heavy atom. The molecule has 96 valence electrons. The van der Waals surface area contributed by atoms with Gasteiger partial charge in [0, 0.05) is 0 Å². The lowest BCUT2D eigenvalue weighted by Crippen LogP contribution is -2.30. The van der Waals surface area contributed by atoms with E-state index >= 15 is 0 Å². The van der Waals surface area contributed by atoms with Gasteiger partial charge in [-0.2, -0.15) is 4.37 Å². The monoisotopic (exact) mass is 262 g/mol. The highest BCUT2D eigenvalue weighted by molar-refractivity contribution is 7.13. The van der Waals surface area contributed by atoms with Gasteiger partial charge in [-0.1, -0.05) is 12.1 Å². The molecule has 1 aliphatic rings. The minimum atomic E-state index is 0.767. The molecule has 1 aromatic heterocycles. The van der Waals surface area contributed by atoms with Gasteiger partial charge in [0.25, 0.3) is 0 Å². The van der Waals surface area contributed by atoms with E-state index < -0.39 is 0 Å². The van der Waals surface area contributed by atoms with Crippen molar-refractivity contribution in [3.63, 3.8) is 0 Å². The molecule has 0 saturated carbocycles. The quantitative estimate of drug-likeness (QED) is 0.919. The second kappa shape index (κ2) is 5.67. The summed E-state index contributed by atoms with van der Waals surface area (Å²) in [4.78, 5) is 0. The number of benzene rings is 1. The van der Waals surface area contributed by atoms with Crippen molar-refractivity contribution in [1.29, 1.82) is 0 Å². The lowest BCUT2D eigenvalue weighted by atomic mass is 9.97.